The van der Waals surface area contributed by atoms with Crippen LogP contribution in [-0.4, -0.2) is 88.6 Å². The highest BCUT2D eigenvalue weighted by atomic mass is 16.6. The van der Waals surface area contributed by atoms with Crippen LogP contribution >= 0.6 is 0 Å². The summed E-state index contributed by atoms with van der Waals surface area (Å²) in [6.07, 6.45) is 6.10. The van der Waals surface area contributed by atoms with Gasteiger partial charge in [0.25, 0.3) is 5.91 Å². The lowest BCUT2D eigenvalue weighted by atomic mass is 9.77. The molecule has 8 atom stereocenters. The number of hydrogen-bond acceptors (Lipinski definition) is 7. The monoisotopic (exact) mass is 669 g/mol. The fraction of sp³-hybridized carbons (Fsp3) is 0.487. The lowest BCUT2D eigenvalue weighted by molar-refractivity contribution is -0.164. The Morgan fingerprint density at radius 2 is 1.73 bits per heavy atom. The highest BCUT2D eigenvalue weighted by Crippen LogP contribution is 2.54. The number of cyclic esters (lactones) is 1. The van der Waals surface area contributed by atoms with Crippen molar-refractivity contribution in [3.05, 3.63) is 89.5 Å². The van der Waals surface area contributed by atoms with Crippen LogP contribution in [0, 0.1) is 31.6 Å². The van der Waals surface area contributed by atoms with Crippen LogP contribution in [0.25, 0.3) is 0 Å². The van der Waals surface area contributed by atoms with Gasteiger partial charge in [-0.05, 0) is 55.9 Å². The first kappa shape index (κ1) is 34.6. The van der Waals surface area contributed by atoms with E-state index in [4.69, 9.17) is 9.47 Å². The second-order valence-electron chi connectivity index (χ2n) is 14.2. The van der Waals surface area contributed by atoms with Crippen molar-refractivity contribution >= 4 is 29.4 Å². The summed E-state index contributed by atoms with van der Waals surface area (Å²) < 4.78 is 13.2. The normalized spacial score (nSPS) is 31.8. The van der Waals surface area contributed by atoms with Crippen molar-refractivity contribution in [2.45, 2.75) is 83.4 Å². The van der Waals surface area contributed by atoms with E-state index in [9.17, 15) is 24.3 Å². The van der Waals surface area contributed by atoms with Gasteiger partial charge in [-0.1, -0.05) is 80.6 Å². The summed E-state index contributed by atoms with van der Waals surface area (Å²) >= 11 is 0. The molecule has 2 saturated heterocycles. The molecule has 2 aromatic rings. The molecule has 2 aromatic carbocycles. The molecule has 4 heterocycles. The SMILES string of the molecule is Cc1ccc(C)c(N2CC=C[C@@]34O[C@H]5/C=C\CCC(=O)N(C)[C@@H](C)[C@H](c6ccccc6)OC(=O)[C@H]5[C@@H]3C(=O)N([C@@H](CO)C(C)C)[C@H]4C2=O)c1. The summed E-state index contributed by atoms with van der Waals surface area (Å²) in [7, 11) is 1.70. The van der Waals surface area contributed by atoms with Crippen molar-refractivity contribution in [1.29, 1.82) is 0 Å². The predicted octanol–water partition coefficient (Wildman–Crippen LogP) is 4.29. The number of aliphatic hydroxyl groups excluding tert-OH is 1. The van der Waals surface area contributed by atoms with Gasteiger partial charge >= 0.3 is 5.97 Å². The van der Waals surface area contributed by atoms with Crippen molar-refractivity contribution in [2.75, 3.05) is 25.1 Å². The molecule has 0 unspecified atom stereocenters. The molecule has 49 heavy (non-hydrogen) atoms. The number of fused-ring (bicyclic) bond motifs is 2. The Morgan fingerprint density at radius 1 is 1.00 bits per heavy atom. The van der Waals surface area contributed by atoms with Crippen LogP contribution in [0.1, 0.15) is 56.4 Å². The zero-order chi connectivity index (χ0) is 35.2. The maximum atomic E-state index is 15.0. The minimum absolute atomic E-state index is 0.0903. The number of aliphatic hydroxyl groups is 1. The summed E-state index contributed by atoms with van der Waals surface area (Å²) in [5, 5.41) is 10.7. The molecule has 2 fully saturated rings. The Hall–Kier alpha value is -4.28. The van der Waals surface area contributed by atoms with Crippen LogP contribution < -0.4 is 4.90 Å². The van der Waals surface area contributed by atoms with E-state index < -0.39 is 59.6 Å². The quantitative estimate of drug-likeness (QED) is 0.373. The summed E-state index contributed by atoms with van der Waals surface area (Å²) in [5.41, 5.74) is 1.82. The number of rotatable bonds is 5. The molecule has 10 nitrogen and oxygen atoms in total. The van der Waals surface area contributed by atoms with Crippen LogP contribution in [0.3, 0.4) is 0 Å². The minimum atomic E-state index is -1.51. The number of nitrogens with zero attached hydrogens (tertiary/aromatic N) is 3. The van der Waals surface area contributed by atoms with Gasteiger partial charge in [0.05, 0.1) is 30.7 Å². The van der Waals surface area contributed by atoms with Gasteiger partial charge in [-0.3, -0.25) is 19.2 Å². The van der Waals surface area contributed by atoms with E-state index in [2.05, 4.69) is 0 Å². The Labute approximate surface area is 288 Å². The number of likely N-dealkylation sites (tertiary alicyclic amines) is 1. The minimum Gasteiger partial charge on any atom is -0.455 e. The molecule has 0 bridgehead atoms. The van der Waals surface area contributed by atoms with Crippen molar-refractivity contribution in [3.63, 3.8) is 0 Å². The zero-order valence-corrected chi connectivity index (χ0v) is 29.1. The number of carbonyl (C=O) groups is 4. The molecule has 0 aromatic heterocycles. The van der Waals surface area contributed by atoms with E-state index in [1.54, 1.807) is 29.0 Å². The average Bonchev–Trinajstić information content (AvgIpc) is 3.47. The highest BCUT2D eigenvalue weighted by Gasteiger charge is 2.73. The molecule has 0 radical (unpaired) electrons. The number of aryl methyl sites for hydroxylation is 2. The number of likely N-dealkylation sites (N-methyl/N-ethyl adjacent to an activating group) is 1. The third-order valence-electron chi connectivity index (χ3n) is 10.8. The van der Waals surface area contributed by atoms with Crippen LogP contribution in [-0.2, 0) is 28.7 Å². The molecule has 6 rings (SSSR count). The molecule has 10 heteroatoms. The van der Waals surface area contributed by atoms with Gasteiger partial charge in [-0.15, -0.1) is 0 Å². The maximum absolute atomic E-state index is 15.0. The van der Waals surface area contributed by atoms with Crippen molar-refractivity contribution < 1.29 is 33.8 Å². The number of anilines is 1. The van der Waals surface area contributed by atoms with E-state index >= 15 is 0 Å². The number of ether oxygens (including phenoxy) is 2. The number of benzene rings is 2. The first-order valence-electron chi connectivity index (χ1n) is 17.3. The third-order valence-corrected chi connectivity index (χ3v) is 10.8. The molecule has 4 aliphatic heterocycles. The van der Waals surface area contributed by atoms with Gasteiger partial charge in [-0.25, -0.2) is 0 Å². The lowest BCUT2D eigenvalue weighted by Gasteiger charge is -2.40. The van der Waals surface area contributed by atoms with Gasteiger partial charge < -0.3 is 29.3 Å². The van der Waals surface area contributed by atoms with Gasteiger partial charge in [-0.2, -0.15) is 0 Å². The summed E-state index contributed by atoms with van der Waals surface area (Å²) in [4.78, 5) is 62.4. The number of esters is 1. The summed E-state index contributed by atoms with van der Waals surface area (Å²) in [6, 6.07) is 12.8. The molecule has 4 aliphatic rings. The zero-order valence-electron chi connectivity index (χ0n) is 29.1. The Balaban J connectivity index is 1.49. The van der Waals surface area contributed by atoms with Crippen molar-refractivity contribution in [3.8, 4) is 0 Å². The second-order valence-corrected chi connectivity index (χ2v) is 14.2. The van der Waals surface area contributed by atoms with E-state index in [-0.39, 0.29) is 37.3 Å². The smallest absolute Gasteiger partial charge is 0.313 e. The average molecular weight is 670 g/mol. The Morgan fingerprint density at radius 3 is 2.43 bits per heavy atom. The molecule has 0 aliphatic carbocycles. The molecular weight excluding hydrogens is 622 g/mol. The molecule has 1 N–H and O–H groups in total. The number of amides is 3. The second kappa shape index (κ2) is 13.6. The molecule has 0 saturated carbocycles. The van der Waals surface area contributed by atoms with Crippen LogP contribution in [0.4, 0.5) is 5.69 Å². The summed E-state index contributed by atoms with van der Waals surface area (Å²) in [5.74, 6) is -3.89. The van der Waals surface area contributed by atoms with Crippen molar-refractivity contribution in [2.24, 2.45) is 17.8 Å². The van der Waals surface area contributed by atoms with Gasteiger partial charge in [0.1, 0.15) is 23.7 Å². The Bertz CT molecular complexity index is 1670. The fourth-order valence-corrected chi connectivity index (χ4v) is 8.03. The largest absolute Gasteiger partial charge is 0.455 e. The Kier molecular flexibility index (Phi) is 9.57. The van der Waals surface area contributed by atoms with Crippen molar-refractivity contribution in [1.82, 2.24) is 9.80 Å². The number of allylic oxidation sites excluding steroid dienone is 1. The standard InChI is InChI=1S/C39H47N3O7/c1-23(2)29(22-43)42-35-37(46)41(28-21-24(3)17-18-25(28)4)20-12-19-39(35)33(36(42)45)32-30(49-39)15-10-11-16-31(44)40(6)26(5)34(48-38(32)47)27-13-8-7-9-14-27/h7-10,12-15,17-19,21,23,26,29-30,32-35,43H,11,16,20,22H2,1-6H3/b15-10-/t26-,29-,30-,32+,33+,34+,35-,39+/m0/s1. The van der Waals surface area contributed by atoms with Gasteiger partial charge in [0, 0.05) is 25.7 Å². The molecule has 1 spiro atoms. The molecular formula is C39H47N3O7. The van der Waals surface area contributed by atoms with E-state index in [0.717, 1.165) is 16.8 Å². The van der Waals surface area contributed by atoms with E-state index in [1.807, 2.05) is 95.3 Å². The van der Waals surface area contributed by atoms with Crippen LogP contribution in [0.15, 0.2) is 72.8 Å². The fourth-order valence-electron chi connectivity index (χ4n) is 8.03. The maximum Gasteiger partial charge on any atom is 0.313 e. The predicted molar refractivity (Wildman–Crippen MR) is 184 cm³/mol. The topological polar surface area (TPSA) is 117 Å². The highest BCUT2D eigenvalue weighted by molar-refractivity contribution is 6.06. The molecule has 260 valence electrons. The number of hydrogen-bond donors (Lipinski definition) is 1. The van der Waals surface area contributed by atoms with Crippen LogP contribution in [0.5, 0.6) is 0 Å². The molecule has 3 amide bonds. The van der Waals surface area contributed by atoms with E-state index in [1.165, 1.54) is 4.90 Å². The number of carbonyl (C=O) groups excluding carboxylic acids is 4. The van der Waals surface area contributed by atoms with E-state index in [0.29, 0.717) is 12.0 Å². The summed E-state index contributed by atoms with van der Waals surface area (Å²) in [6.45, 7) is 9.41. The first-order valence-corrected chi connectivity index (χ1v) is 17.3. The lowest BCUT2D eigenvalue weighted by Crippen LogP contribution is -2.59. The van der Waals surface area contributed by atoms with Gasteiger partial charge in [0.2, 0.25) is 11.8 Å². The third kappa shape index (κ3) is 5.88. The first-order chi connectivity index (χ1) is 23.4. The van der Waals surface area contributed by atoms with Gasteiger partial charge in [0.15, 0.2) is 0 Å². The van der Waals surface area contributed by atoms with Crippen LogP contribution in [0.2, 0.25) is 0 Å².